The molecule has 1 saturated carbocycles. The van der Waals surface area contributed by atoms with Crippen molar-refractivity contribution in [3.05, 3.63) is 29.8 Å². The summed E-state index contributed by atoms with van der Waals surface area (Å²) in [6.45, 7) is 6.83. The van der Waals surface area contributed by atoms with E-state index < -0.39 is 38.7 Å². The first-order valence-corrected chi connectivity index (χ1v) is 9.83. The molecule has 0 unspecified atom stereocenters. The van der Waals surface area contributed by atoms with Crippen LogP contribution in [-0.2, 0) is 34.7 Å². The van der Waals surface area contributed by atoms with E-state index in [1.807, 2.05) is 6.92 Å². The van der Waals surface area contributed by atoms with E-state index in [-0.39, 0.29) is 26.1 Å². The Morgan fingerprint density at radius 2 is 1.50 bits per heavy atom. The molecule has 0 amide bonds. The van der Waals surface area contributed by atoms with Crippen LogP contribution >= 0.6 is 0 Å². The van der Waals surface area contributed by atoms with E-state index in [1.165, 1.54) is 0 Å². The van der Waals surface area contributed by atoms with Gasteiger partial charge in [0, 0.05) is 17.7 Å². The summed E-state index contributed by atoms with van der Waals surface area (Å²) in [5, 5.41) is 0. The van der Waals surface area contributed by atoms with Crippen molar-refractivity contribution in [1.82, 2.24) is 0 Å². The van der Waals surface area contributed by atoms with Gasteiger partial charge in [-0.3, -0.25) is 18.6 Å². The molecule has 2 atom stereocenters. The van der Waals surface area contributed by atoms with Gasteiger partial charge in [0.25, 0.3) is 0 Å². The Bertz CT molecular complexity index is 721. The topological polar surface area (TPSA) is 86.7 Å². The Morgan fingerprint density at radius 3 is 1.92 bits per heavy atom. The minimum Gasteiger partial charge on any atom is -0.465 e. The zero-order chi connectivity index (χ0) is 19.5. The predicted molar refractivity (Wildman–Crippen MR) is 95.9 cm³/mol. The number of Topliss-reactive ketones (excluding diaryl/α,β-unsaturated/α-hetero) is 1. The molecule has 1 fully saturated rings. The van der Waals surface area contributed by atoms with E-state index in [0.29, 0.717) is 4.90 Å². The van der Waals surface area contributed by atoms with Crippen molar-refractivity contribution in [2.75, 3.05) is 13.2 Å². The molecule has 0 heterocycles. The number of hydrogen-bond acceptors (Lipinski definition) is 6. The standard InChI is InChI=1S/C19H24O6S/c1-5-15(20)19(26(23)14-10-8-13(4)9-11-14)12-18(19,16(21)24-6-2)17(22)25-7-3/h8-11H,5-7,12H2,1-4H3/t19-,26-/m0/s1. The number of carbonyl (C=O) groups is 3. The van der Waals surface area contributed by atoms with Crippen molar-refractivity contribution in [3.8, 4) is 0 Å². The highest BCUT2D eigenvalue weighted by molar-refractivity contribution is 7.88. The lowest BCUT2D eigenvalue weighted by molar-refractivity contribution is -0.165. The third kappa shape index (κ3) is 2.98. The molecule has 0 bridgehead atoms. The second-order valence-corrected chi connectivity index (χ2v) is 7.91. The van der Waals surface area contributed by atoms with Gasteiger partial charge >= 0.3 is 11.9 Å². The lowest BCUT2D eigenvalue weighted by Crippen LogP contribution is -2.44. The average Bonchev–Trinajstić information content (AvgIpc) is 3.34. The maximum Gasteiger partial charge on any atom is 0.325 e. The number of ether oxygens (including phenoxy) is 2. The van der Waals surface area contributed by atoms with Crippen molar-refractivity contribution in [1.29, 1.82) is 0 Å². The summed E-state index contributed by atoms with van der Waals surface area (Å²) in [5.74, 6) is -2.10. The molecule has 2 rings (SSSR count). The number of carbonyl (C=O) groups excluding carboxylic acids is 3. The van der Waals surface area contributed by atoms with Crippen LogP contribution in [-0.4, -0.2) is 39.9 Å². The van der Waals surface area contributed by atoms with Gasteiger partial charge in [0.15, 0.2) is 11.2 Å². The molecule has 0 radical (unpaired) electrons. The quantitative estimate of drug-likeness (QED) is 0.508. The minimum absolute atomic E-state index is 0.0492. The van der Waals surface area contributed by atoms with Gasteiger partial charge in [0.2, 0.25) is 0 Å². The lowest BCUT2D eigenvalue weighted by atomic mass is 10.00. The molecule has 0 saturated heterocycles. The molecule has 1 aromatic rings. The lowest BCUT2D eigenvalue weighted by Gasteiger charge is -2.22. The summed E-state index contributed by atoms with van der Waals surface area (Å²) in [5.41, 5.74) is -0.874. The van der Waals surface area contributed by atoms with Crippen LogP contribution in [0.2, 0.25) is 0 Å². The molecule has 0 N–H and O–H groups in total. The monoisotopic (exact) mass is 380 g/mol. The van der Waals surface area contributed by atoms with E-state index >= 15 is 0 Å². The minimum atomic E-state index is -1.89. The maximum atomic E-state index is 13.3. The van der Waals surface area contributed by atoms with Gasteiger partial charge in [0.1, 0.15) is 4.75 Å². The molecule has 142 valence electrons. The SMILES string of the molecule is CCOC(=O)C1(C(=O)OCC)C[C@@]1(C(=O)CC)[S@@](=O)c1ccc(C)cc1. The molecule has 0 aromatic heterocycles. The first-order valence-electron chi connectivity index (χ1n) is 8.68. The highest BCUT2D eigenvalue weighted by Gasteiger charge is 2.84. The van der Waals surface area contributed by atoms with Crippen LogP contribution in [0.1, 0.15) is 39.2 Å². The summed E-state index contributed by atoms with van der Waals surface area (Å²) in [7, 11) is -1.89. The molecule has 0 spiro atoms. The van der Waals surface area contributed by atoms with E-state index in [2.05, 4.69) is 0 Å². The number of rotatable bonds is 8. The van der Waals surface area contributed by atoms with E-state index in [1.54, 1.807) is 45.0 Å². The Morgan fingerprint density at radius 1 is 1.00 bits per heavy atom. The highest BCUT2D eigenvalue weighted by atomic mass is 32.2. The van der Waals surface area contributed by atoms with Gasteiger partial charge in [-0.1, -0.05) is 24.6 Å². The van der Waals surface area contributed by atoms with Crippen LogP contribution in [0, 0.1) is 12.3 Å². The molecule has 1 aromatic carbocycles. The van der Waals surface area contributed by atoms with Crippen LogP contribution in [0.15, 0.2) is 29.2 Å². The van der Waals surface area contributed by atoms with Gasteiger partial charge < -0.3 is 9.47 Å². The van der Waals surface area contributed by atoms with Gasteiger partial charge in [0.05, 0.1) is 24.0 Å². The average molecular weight is 380 g/mol. The van der Waals surface area contributed by atoms with Crippen molar-refractivity contribution < 1.29 is 28.1 Å². The fraction of sp³-hybridized carbons (Fsp3) is 0.526. The van der Waals surface area contributed by atoms with E-state index in [9.17, 15) is 18.6 Å². The third-order valence-electron chi connectivity index (χ3n) is 4.65. The number of benzene rings is 1. The predicted octanol–water partition coefficient (Wildman–Crippen LogP) is 2.34. The summed E-state index contributed by atoms with van der Waals surface area (Å²) in [4.78, 5) is 38.5. The molecule has 0 aliphatic heterocycles. The zero-order valence-electron chi connectivity index (χ0n) is 15.5. The molecule has 7 heteroatoms. The van der Waals surface area contributed by atoms with Gasteiger partial charge in [-0.2, -0.15) is 0 Å². The fourth-order valence-corrected chi connectivity index (χ4v) is 5.18. The highest BCUT2D eigenvalue weighted by Crippen LogP contribution is 2.63. The van der Waals surface area contributed by atoms with Crippen molar-refractivity contribution in [3.63, 3.8) is 0 Å². The van der Waals surface area contributed by atoms with Crippen molar-refractivity contribution >= 4 is 28.5 Å². The van der Waals surface area contributed by atoms with Crippen LogP contribution in [0.4, 0.5) is 0 Å². The number of aryl methyl sites for hydroxylation is 1. The Labute approximate surface area is 155 Å². The van der Waals surface area contributed by atoms with Crippen LogP contribution in [0.3, 0.4) is 0 Å². The van der Waals surface area contributed by atoms with Crippen LogP contribution in [0.25, 0.3) is 0 Å². The van der Waals surface area contributed by atoms with Gasteiger partial charge in [-0.25, -0.2) is 0 Å². The Hall–Kier alpha value is -2.02. The smallest absolute Gasteiger partial charge is 0.325 e. The largest absolute Gasteiger partial charge is 0.465 e. The second-order valence-electron chi connectivity index (χ2n) is 6.21. The second kappa shape index (κ2) is 7.70. The van der Waals surface area contributed by atoms with Crippen LogP contribution in [0.5, 0.6) is 0 Å². The summed E-state index contributed by atoms with van der Waals surface area (Å²) in [6.07, 6.45) is -0.108. The number of ketones is 1. The van der Waals surface area contributed by atoms with Gasteiger partial charge in [-0.05, 0) is 32.9 Å². The summed E-state index contributed by atoms with van der Waals surface area (Å²) >= 11 is 0. The fourth-order valence-electron chi connectivity index (χ4n) is 3.21. The summed E-state index contributed by atoms with van der Waals surface area (Å²) < 4.78 is 21.8. The first-order chi connectivity index (χ1) is 12.3. The van der Waals surface area contributed by atoms with E-state index in [4.69, 9.17) is 9.47 Å². The molecule has 26 heavy (non-hydrogen) atoms. The van der Waals surface area contributed by atoms with Crippen molar-refractivity contribution in [2.45, 2.75) is 50.2 Å². The normalized spacial score (nSPS) is 21.5. The molecule has 1 aliphatic carbocycles. The first kappa shape index (κ1) is 20.3. The third-order valence-corrected chi connectivity index (χ3v) is 6.70. The van der Waals surface area contributed by atoms with Crippen LogP contribution < -0.4 is 0 Å². The van der Waals surface area contributed by atoms with E-state index in [0.717, 1.165) is 5.56 Å². The Balaban J connectivity index is 2.57. The van der Waals surface area contributed by atoms with Crippen molar-refractivity contribution in [2.24, 2.45) is 5.41 Å². The Kier molecular flexibility index (Phi) is 6.01. The molecular formula is C19H24O6S. The zero-order valence-corrected chi connectivity index (χ0v) is 16.3. The number of hydrogen-bond donors (Lipinski definition) is 0. The maximum absolute atomic E-state index is 13.3. The molecular weight excluding hydrogens is 356 g/mol. The molecule has 6 nitrogen and oxygen atoms in total. The summed E-state index contributed by atoms with van der Waals surface area (Å²) in [6, 6.07) is 6.84. The molecule has 1 aliphatic rings. The number of esters is 2. The van der Waals surface area contributed by atoms with Gasteiger partial charge in [-0.15, -0.1) is 0 Å².